The Hall–Kier alpha value is -2.64. The van der Waals surface area contributed by atoms with Crippen LogP contribution in [0.3, 0.4) is 0 Å². The maximum atomic E-state index is 14.1. The number of carbonyl (C=O) groups excluding carboxylic acids is 2. The number of hydrogen-bond donors (Lipinski definition) is 3. The molecule has 2 amide bonds. The van der Waals surface area contributed by atoms with E-state index in [1.54, 1.807) is 35.2 Å². The lowest BCUT2D eigenvalue weighted by atomic mass is 10.1. The molecule has 3 N–H and O–H groups in total. The number of aromatic hydroxyl groups is 1. The van der Waals surface area contributed by atoms with Gasteiger partial charge in [-0.25, -0.2) is 4.39 Å². The summed E-state index contributed by atoms with van der Waals surface area (Å²) in [6.07, 6.45) is 0.588. The summed E-state index contributed by atoms with van der Waals surface area (Å²) in [4.78, 5) is 26.5. The van der Waals surface area contributed by atoms with Crippen molar-refractivity contribution in [2.45, 2.75) is 25.4 Å². The summed E-state index contributed by atoms with van der Waals surface area (Å²) in [7, 11) is 0. The largest absolute Gasteiger partial charge is 0.508 e. The van der Waals surface area contributed by atoms with Gasteiger partial charge in [0.2, 0.25) is 11.8 Å². The van der Waals surface area contributed by atoms with E-state index in [0.717, 1.165) is 5.56 Å². The Bertz CT molecular complexity index is 856. The monoisotopic (exact) mass is 419 g/mol. The van der Waals surface area contributed by atoms with Crippen molar-refractivity contribution in [2.24, 2.45) is 0 Å². The van der Waals surface area contributed by atoms with Crippen molar-refractivity contribution in [1.82, 2.24) is 15.5 Å². The highest BCUT2D eigenvalue weighted by atomic mass is 35.5. The fourth-order valence-corrected chi connectivity index (χ4v) is 3.54. The van der Waals surface area contributed by atoms with Gasteiger partial charge in [0.15, 0.2) is 0 Å². The molecule has 1 saturated heterocycles. The molecule has 0 aliphatic carbocycles. The second-order valence-corrected chi connectivity index (χ2v) is 7.36. The van der Waals surface area contributed by atoms with Crippen LogP contribution in [0, 0.1) is 5.82 Å². The van der Waals surface area contributed by atoms with Crippen molar-refractivity contribution in [3.63, 3.8) is 0 Å². The maximum Gasteiger partial charge on any atom is 0.237 e. The van der Waals surface area contributed by atoms with E-state index >= 15 is 0 Å². The Kier molecular flexibility index (Phi) is 7.06. The molecule has 1 heterocycles. The normalized spacial score (nSPS) is 17.0. The van der Waals surface area contributed by atoms with Gasteiger partial charge in [-0.2, -0.15) is 0 Å². The lowest BCUT2D eigenvalue weighted by Crippen LogP contribution is -2.56. The zero-order valence-electron chi connectivity index (χ0n) is 15.8. The SMILES string of the molecule is O=C(C[C@@H]1C(=O)NCCN1Cc1c(F)cccc1Cl)NCCc1ccc(O)cc1. The van der Waals surface area contributed by atoms with Crippen molar-refractivity contribution in [2.75, 3.05) is 19.6 Å². The van der Waals surface area contributed by atoms with Crippen LogP contribution in [0.2, 0.25) is 5.02 Å². The smallest absolute Gasteiger partial charge is 0.237 e. The molecule has 1 aliphatic rings. The second kappa shape index (κ2) is 9.71. The van der Waals surface area contributed by atoms with Crippen LogP contribution in [0.1, 0.15) is 17.5 Å². The number of halogens is 2. The standard InChI is InChI=1S/C21H23ClFN3O3/c22-17-2-1-3-18(23)16(17)13-26-11-10-25-21(29)19(26)12-20(28)24-9-8-14-4-6-15(27)7-5-14/h1-7,19,27H,8-13H2,(H,24,28)(H,25,29)/t19-/m1/s1. The van der Waals surface area contributed by atoms with Gasteiger partial charge >= 0.3 is 0 Å². The van der Waals surface area contributed by atoms with Gasteiger partial charge in [-0.3, -0.25) is 14.5 Å². The van der Waals surface area contributed by atoms with Crippen molar-refractivity contribution in [3.05, 3.63) is 64.4 Å². The molecule has 2 aromatic rings. The van der Waals surface area contributed by atoms with Crippen molar-refractivity contribution in [1.29, 1.82) is 0 Å². The Morgan fingerprint density at radius 1 is 1.28 bits per heavy atom. The Labute approximate surface area is 173 Å². The third-order valence-corrected chi connectivity index (χ3v) is 5.27. The van der Waals surface area contributed by atoms with Crippen molar-refractivity contribution in [3.8, 4) is 5.75 Å². The molecule has 3 rings (SSSR count). The molecule has 0 spiro atoms. The number of phenolic OH excluding ortho intramolecular Hbond substituents is 1. The van der Waals surface area contributed by atoms with Crippen LogP contribution in [-0.4, -0.2) is 47.5 Å². The molecule has 0 bridgehead atoms. The van der Waals surface area contributed by atoms with Gasteiger partial charge in [-0.15, -0.1) is 0 Å². The first-order chi connectivity index (χ1) is 13.9. The third kappa shape index (κ3) is 5.68. The quantitative estimate of drug-likeness (QED) is 0.643. The summed E-state index contributed by atoms with van der Waals surface area (Å²) in [6.45, 7) is 1.51. The van der Waals surface area contributed by atoms with Crippen LogP contribution in [0.25, 0.3) is 0 Å². The zero-order chi connectivity index (χ0) is 20.8. The number of piperazine rings is 1. The van der Waals surface area contributed by atoms with Gasteiger partial charge in [-0.05, 0) is 36.2 Å². The Balaban J connectivity index is 1.58. The average Bonchev–Trinajstić information content (AvgIpc) is 2.69. The van der Waals surface area contributed by atoms with Crippen LogP contribution in [0.5, 0.6) is 5.75 Å². The number of amides is 2. The topological polar surface area (TPSA) is 81.7 Å². The molecule has 0 unspecified atom stereocenters. The number of nitrogens with one attached hydrogen (secondary N) is 2. The molecule has 0 saturated carbocycles. The molecule has 8 heteroatoms. The summed E-state index contributed by atoms with van der Waals surface area (Å²) >= 11 is 6.11. The van der Waals surface area contributed by atoms with Crippen LogP contribution >= 0.6 is 11.6 Å². The summed E-state index contributed by atoms with van der Waals surface area (Å²) < 4.78 is 14.1. The van der Waals surface area contributed by atoms with E-state index in [-0.39, 0.29) is 30.5 Å². The number of carbonyl (C=O) groups is 2. The fraction of sp³-hybridized carbons (Fsp3) is 0.333. The van der Waals surface area contributed by atoms with Crippen LogP contribution in [-0.2, 0) is 22.6 Å². The number of benzene rings is 2. The van der Waals surface area contributed by atoms with Gasteiger partial charge < -0.3 is 15.7 Å². The van der Waals surface area contributed by atoms with Gasteiger partial charge in [0.25, 0.3) is 0 Å². The van der Waals surface area contributed by atoms with Crippen molar-refractivity contribution >= 4 is 23.4 Å². The summed E-state index contributed by atoms with van der Waals surface area (Å²) in [5, 5.41) is 15.2. The highest BCUT2D eigenvalue weighted by Crippen LogP contribution is 2.23. The molecule has 1 aliphatic heterocycles. The molecule has 1 fully saturated rings. The molecule has 154 valence electrons. The molecular weight excluding hydrogens is 397 g/mol. The second-order valence-electron chi connectivity index (χ2n) is 6.95. The molecule has 1 atom stereocenters. The minimum Gasteiger partial charge on any atom is -0.508 e. The number of hydrogen-bond acceptors (Lipinski definition) is 4. The average molecular weight is 420 g/mol. The molecule has 6 nitrogen and oxygen atoms in total. The first kappa shape index (κ1) is 21.1. The number of rotatable bonds is 7. The Morgan fingerprint density at radius 3 is 2.76 bits per heavy atom. The molecule has 2 aromatic carbocycles. The van der Waals surface area contributed by atoms with Crippen LogP contribution in [0.4, 0.5) is 4.39 Å². The van der Waals surface area contributed by atoms with Crippen molar-refractivity contribution < 1.29 is 19.1 Å². The van der Waals surface area contributed by atoms with Gasteiger partial charge in [0, 0.05) is 36.8 Å². The lowest BCUT2D eigenvalue weighted by molar-refractivity contribution is -0.134. The molecular formula is C21H23ClFN3O3. The summed E-state index contributed by atoms with van der Waals surface area (Å²) in [6, 6.07) is 10.5. The van der Waals surface area contributed by atoms with Gasteiger partial charge in [0.05, 0.1) is 12.5 Å². The van der Waals surface area contributed by atoms with E-state index < -0.39 is 11.9 Å². The van der Waals surface area contributed by atoms with E-state index in [9.17, 15) is 19.1 Å². The highest BCUT2D eigenvalue weighted by molar-refractivity contribution is 6.31. The van der Waals surface area contributed by atoms with E-state index in [1.807, 2.05) is 0 Å². The zero-order valence-corrected chi connectivity index (χ0v) is 16.6. The minimum atomic E-state index is -0.687. The van der Waals surface area contributed by atoms with Crippen LogP contribution < -0.4 is 10.6 Å². The van der Waals surface area contributed by atoms with Crippen LogP contribution in [0.15, 0.2) is 42.5 Å². The fourth-order valence-electron chi connectivity index (χ4n) is 3.32. The van der Waals surface area contributed by atoms with Gasteiger partial charge in [-0.1, -0.05) is 29.8 Å². The predicted octanol–water partition coefficient (Wildman–Crippen LogP) is 2.23. The van der Waals surface area contributed by atoms with E-state index in [4.69, 9.17) is 11.6 Å². The first-order valence-corrected chi connectivity index (χ1v) is 9.81. The lowest BCUT2D eigenvalue weighted by Gasteiger charge is -2.35. The minimum absolute atomic E-state index is 0.0204. The number of phenols is 1. The molecule has 0 aromatic heterocycles. The van der Waals surface area contributed by atoms with E-state index in [1.165, 1.54) is 12.1 Å². The molecule has 0 radical (unpaired) electrons. The maximum absolute atomic E-state index is 14.1. The molecule has 29 heavy (non-hydrogen) atoms. The Morgan fingerprint density at radius 2 is 2.03 bits per heavy atom. The van der Waals surface area contributed by atoms with E-state index in [2.05, 4.69) is 10.6 Å². The highest BCUT2D eigenvalue weighted by Gasteiger charge is 2.32. The summed E-state index contributed by atoms with van der Waals surface area (Å²) in [5.41, 5.74) is 1.30. The third-order valence-electron chi connectivity index (χ3n) is 4.92. The van der Waals surface area contributed by atoms with E-state index in [0.29, 0.717) is 36.6 Å². The predicted molar refractivity (Wildman–Crippen MR) is 108 cm³/mol. The number of nitrogens with zero attached hydrogens (tertiary/aromatic N) is 1. The first-order valence-electron chi connectivity index (χ1n) is 9.43. The van der Waals surface area contributed by atoms with Gasteiger partial charge in [0.1, 0.15) is 11.6 Å². The summed E-state index contributed by atoms with van der Waals surface area (Å²) in [5.74, 6) is -0.746.